The summed E-state index contributed by atoms with van der Waals surface area (Å²) in [6.07, 6.45) is 0.318. The van der Waals surface area contributed by atoms with Crippen molar-refractivity contribution in [3.05, 3.63) is 81.3 Å². The van der Waals surface area contributed by atoms with E-state index < -0.39 is 17.7 Å². The van der Waals surface area contributed by atoms with E-state index in [1.165, 1.54) is 18.3 Å². The Labute approximate surface area is 139 Å². The van der Waals surface area contributed by atoms with E-state index in [-0.39, 0.29) is 16.5 Å². The molecule has 0 amide bonds. The number of H-pyrrole nitrogens is 1. The number of fused-ring (bicyclic) bond motifs is 2. The first kappa shape index (κ1) is 15.2. The molecule has 0 aliphatic carbocycles. The molecule has 25 heavy (non-hydrogen) atoms. The van der Waals surface area contributed by atoms with E-state index in [4.69, 9.17) is 0 Å². The summed E-state index contributed by atoms with van der Waals surface area (Å²) in [4.78, 5) is 31.9. The van der Waals surface area contributed by atoms with E-state index in [0.717, 1.165) is 16.0 Å². The zero-order valence-corrected chi connectivity index (χ0v) is 12.7. The Morgan fingerprint density at radius 3 is 2.60 bits per heavy atom. The first-order valence-electron chi connectivity index (χ1n) is 7.46. The first-order chi connectivity index (χ1) is 12.1. The van der Waals surface area contributed by atoms with Crippen molar-refractivity contribution in [3.8, 4) is 5.69 Å². The third-order valence-corrected chi connectivity index (χ3v) is 4.06. The Morgan fingerprint density at radius 1 is 1.00 bits per heavy atom. The lowest BCUT2D eigenvalue weighted by Crippen LogP contribution is -2.33. The fourth-order valence-electron chi connectivity index (χ4n) is 2.86. The highest BCUT2D eigenvalue weighted by Gasteiger charge is 2.15. The van der Waals surface area contributed by atoms with Gasteiger partial charge in [-0.25, -0.2) is 18.1 Å². The number of aromatic amines is 1. The molecule has 4 aromatic rings. The minimum Gasteiger partial charge on any atom is -0.306 e. The Balaban J connectivity index is 2.11. The van der Waals surface area contributed by atoms with Gasteiger partial charge in [0, 0.05) is 22.5 Å². The van der Waals surface area contributed by atoms with Crippen LogP contribution in [0.25, 0.3) is 27.4 Å². The van der Waals surface area contributed by atoms with Crippen molar-refractivity contribution >= 4 is 21.7 Å². The van der Waals surface area contributed by atoms with Crippen LogP contribution in [0.15, 0.2) is 64.4 Å². The smallest absolute Gasteiger partial charge is 0.306 e. The molecule has 0 fully saturated rings. The molecule has 2 aromatic carbocycles. The summed E-state index contributed by atoms with van der Waals surface area (Å²) in [6, 6.07) is 10.8. The van der Waals surface area contributed by atoms with Crippen LogP contribution < -0.4 is 11.2 Å². The molecule has 0 atom stereocenters. The van der Waals surface area contributed by atoms with E-state index in [1.807, 2.05) is 6.07 Å². The van der Waals surface area contributed by atoms with Crippen LogP contribution in [0, 0.1) is 0 Å². The van der Waals surface area contributed by atoms with E-state index in [9.17, 15) is 18.4 Å². The lowest BCUT2D eigenvalue weighted by atomic mass is 10.1. The third-order valence-electron chi connectivity index (χ3n) is 4.06. The summed E-state index contributed by atoms with van der Waals surface area (Å²) in [5.41, 5.74) is -1.09. The summed E-state index contributed by atoms with van der Waals surface area (Å²) >= 11 is 0. The van der Waals surface area contributed by atoms with Gasteiger partial charge >= 0.3 is 5.69 Å². The Kier molecular flexibility index (Phi) is 3.42. The van der Waals surface area contributed by atoms with Crippen molar-refractivity contribution in [3.63, 3.8) is 0 Å². The average molecular weight is 339 g/mol. The molecule has 0 aliphatic rings. The summed E-state index contributed by atoms with van der Waals surface area (Å²) in [7, 11) is 0. The highest BCUT2D eigenvalue weighted by Crippen LogP contribution is 2.22. The number of nitrogens with zero attached hydrogens (tertiary/aromatic N) is 2. The lowest BCUT2D eigenvalue weighted by molar-refractivity contribution is 0.151. The number of nitrogens with one attached hydrogen (secondary N) is 1. The summed E-state index contributed by atoms with van der Waals surface area (Å²) in [6.45, 7) is 0. The van der Waals surface area contributed by atoms with Crippen LogP contribution in [0.1, 0.15) is 12.0 Å². The van der Waals surface area contributed by atoms with Gasteiger partial charge in [-0.1, -0.05) is 30.3 Å². The van der Waals surface area contributed by atoms with Crippen LogP contribution >= 0.6 is 0 Å². The molecule has 2 aromatic heterocycles. The maximum Gasteiger partial charge on any atom is 0.333 e. The van der Waals surface area contributed by atoms with Crippen LogP contribution in [-0.4, -0.2) is 14.5 Å². The van der Waals surface area contributed by atoms with Gasteiger partial charge in [0.15, 0.2) is 0 Å². The van der Waals surface area contributed by atoms with Crippen LogP contribution in [0.2, 0.25) is 0 Å². The van der Waals surface area contributed by atoms with Gasteiger partial charge in [0.05, 0.1) is 22.8 Å². The van der Waals surface area contributed by atoms with E-state index in [0.29, 0.717) is 11.1 Å². The fraction of sp³-hybridized carbons (Fsp3) is 0.0556. The minimum atomic E-state index is -2.71. The van der Waals surface area contributed by atoms with Gasteiger partial charge in [0.2, 0.25) is 0 Å². The molecule has 0 bridgehead atoms. The van der Waals surface area contributed by atoms with Gasteiger partial charge in [-0.3, -0.25) is 9.78 Å². The van der Waals surface area contributed by atoms with Crippen LogP contribution in [-0.2, 0) is 0 Å². The largest absolute Gasteiger partial charge is 0.333 e. The zero-order chi connectivity index (χ0) is 17.6. The molecule has 0 radical (unpaired) electrons. The van der Waals surface area contributed by atoms with E-state index in [1.54, 1.807) is 24.4 Å². The van der Waals surface area contributed by atoms with Gasteiger partial charge in [0.1, 0.15) is 0 Å². The second-order valence-electron chi connectivity index (χ2n) is 5.56. The number of halogens is 2. The van der Waals surface area contributed by atoms with Gasteiger partial charge in [-0.15, -0.1) is 0 Å². The molecule has 7 heteroatoms. The minimum absolute atomic E-state index is 0.0188. The van der Waals surface area contributed by atoms with Crippen molar-refractivity contribution in [1.82, 2.24) is 14.5 Å². The van der Waals surface area contributed by atoms with E-state index >= 15 is 0 Å². The molecule has 5 nitrogen and oxygen atoms in total. The molecule has 1 N–H and O–H groups in total. The van der Waals surface area contributed by atoms with Gasteiger partial charge in [0.25, 0.3) is 12.0 Å². The first-order valence-corrected chi connectivity index (χ1v) is 7.46. The maximum absolute atomic E-state index is 12.9. The van der Waals surface area contributed by atoms with Crippen molar-refractivity contribution in [1.29, 1.82) is 0 Å². The predicted molar refractivity (Wildman–Crippen MR) is 90.4 cm³/mol. The van der Waals surface area contributed by atoms with Gasteiger partial charge < -0.3 is 4.98 Å². The second-order valence-corrected chi connectivity index (χ2v) is 5.56. The summed E-state index contributed by atoms with van der Waals surface area (Å²) in [5, 5.41) is 1.44. The number of pyridine rings is 1. The molecule has 4 rings (SSSR count). The fourth-order valence-corrected chi connectivity index (χ4v) is 2.86. The molecule has 0 saturated carbocycles. The highest BCUT2D eigenvalue weighted by molar-refractivity contribution is 5.89. The summed E-state index contributed by atoms with van der Waals surface area (Å²) in [5.74, 6) is 0. The van der Waals surface area contributed by atoms with Gasteiger partial charge in [-0.05, 0) is 12.1 Å². The van der Waals surface area contributed by atoms with Gasteiger partial charge in [-0.2, -0.15) is 0 Å². The predicted octanol–water partition coefficient (Wildman–Crippen LogP) is 3.16. The van der Waals surface area contributed by atoms with Crippen molar-refractivity contribution in [2.24, 2.45) is 0 Å². The molecule has 0 unspecified atom stereocenters. The average Bonchev–Trinajstić information content (AvgIpc) is 2.61. The Bertz CT molecular complexity index is 1220. The normalized spacial score (nSPS) is 11.5. The molecule has 124 valence electrons. The highest BCUT2D eigenvalue weighted by atomic mass is 19.3. The van der Waals surface area contributed by atoms with Crippen molar-refractivity contribution in [2.45, 2.75) is 6.43 Å². The molecule has 2 heterocycles. The third kappa shape index (κ3) is 2.40. The van der Waals surface area contributed by atoms with E-state index in [2.05, 4.69) is 9.97 Å². The number of benzene rings is 2. The molecule has 0 spiro atoms. The quantitative estimate of drug-likeness (QED) is 0.610. The number of hydrogen-bond acceptors (Lipinski definition) is 3. The van der Waals surface area contributed by atoms with Crippen molar-refractivity contribution in [2.75, 3.05) is 0 Å². The van der Waals surface area contributed by atoms with Crippen LogP contribution in [0.4, 0.5) is 8.78 Å². The Morgan fingerprint density at radius 2 is 1.80 bits per heavy atom. The number of aromatic nitrogens is 3. The molecular weight excluding hydrogens is 328 g/mol. The van der Waals surface area contributed by atoms with Crippen LogP contribution in [0.3, 0.4) is 0 Å². The molecule has 0 saturated heterocycles. The number of rotatable bonds is 2. The van der Waals surface area contributed by atoms with Crippen LogP contribution in [0.5, 0.6) is 0 Å². The number of hydrogen-bond donors (Lipinski definition) is 1. The lowest BCUT2D eigenvalue weighted by Gasteiger charge is -2.10. The topological polar surface area (TPSA) is 67.8 Å². The molecular formula is C18H11F2N3O2. The zero-order valence-electron chi connectivity index (χ0n) is 12.7. The maximum atomic E-state index is 12.9. The number of alkyl halides is 2. The standard InChI is InChI=1S/C18H11F2N3O2/c19-16(20)10-5-6-14-13(7-10)17(24)23(18(25)22-14)15-9-21-8-11-3-1-2-4-12(11)15/h1-9,16H,(H,22,25). The monoisotopic (exact) mass is 339 g/mol. The summed E-state index contributed by atoms with van der Waals surface area (Å²) < 4.78 is 26.8. The second kappa shape index (κ2) is 5.62. The molecule has 0 aliphatic heterocycles. The van der Waals surface area contributed by atoms with Crippen molar-refractivity contribution < 1.29 is 8.78 Å². The Hall–Kier alpha value is -3.35. The SMILES string of the molecule is O=c1[nH]c2ccc(C(F)F)cc2c(=O)n1-c1cncc2ccccc12.